The van der Waals surface area contributed by atoms with Crippen molar-refractivity contribution in [2.45, 2.75) is 64.8 Å². The fraction of sp³-hybridized carbons (Fsp3) is 0.464. The first kappa shape index (κ1) is 22.5. The molecule has 6 nitrogen and oxygen atoms in total. The number of imidazole rings is 1. The number of aromatic nitrogens is 3. The first-order valence-electron chi connectivity index (χ1n) is 12.6. The van der Waals surface area contributed by atoms with E-state index in [4.69, 9.17) is 4.98 Å². The molecule has 2 aromatic heterocycles. The standard InChI is InChI=1S/C28H33N5O/c1-19(2)16-29-26-27-30-17-25(21-9-11-22(12-10-21)28(34)32-23-14-15-23)33(27)18-24(31-26)13-8-20-6-4-3-5-7-20/h9-12,17-20,23H,3-7,14-16H2,1-2H3,(H,29,31)(H,32,34). The summed E-state index contributed by atoms with van der Waals surface area (Å²) >= 11 is 0. The third kappa shape index (κ3) is 5.25. The van der Waals surface area contributed by atoms with Crippen LogP contribution < -0.4 is 10.6 Å². The molecule has 2 N–H and O–H groups in total. The van der Waals surface area contributed by atoms with Crippen LogP contribution in [0.5, 0.6) is 0 Å². The zero-order chi connectivity index (χ0) is 23.5. The second-order valence-electron chi connectivity index (χ2n) is 10.0. The van der Waals surface area contributed by atoms with Gasteiger partial charge in [-0.15, -0.1) is 0 Å². The van der Waals surface area contributed by atoms with Crippen molar-refractivity contribution in [3.05, 3.63) is 47.9 Å². The normalized spacial score (nSPS) is 16.3. The van der Waals surface area contributed by atoms with Crippen molar-refractivity contribution in [2.75, 3.05) is 11.9 Å². The fourth-order valence-electron chi connectivity index (χ4n) is 4.39. The van der Waals surface area contributed by atoms with Crippen LogP contribution >= 0.6 is 0 Å². The minimum Gasteiger partial charge on any atom is -0.367 e. The molecule has 1 amide bonds. The van der Waals surface area contributed by atoms with Crippen molar-refractivity contribution in [1.82, 2.24) is 19.7 Å². The van der Waals surface area contributed by atoms with E-state index < -0.39 is 0 Å². The van der Waals surface area contributed by atoms with Crippen molar-refractivity contribution >= 4 is 17.4 Å². The topological polar surface area (TPSA) is 71.3 Å². The van der Waals surface area contributed by atoms with Crippen molar-refractivity contribution < 1.29 is 4.79 Å². The Morgan fingerprint density at radius 1 is 1.12 bits per heavy atom. The van der Waals surface area contributed by atoms with Crippen LogP contribution in [0, 0.1) is 23.7 Å². The first-order valence-corrected chi connectivity index (χ1v) is 12.6. The number of fused-ring (bicyclic) bond motifs is 1. The van der Waals surface area contributed by atoms with Crippen LogP contribution in [0.2, 0.25) is 0 Å². The molecule has 6 heteroatoms. The number of nitrogens with zero attached hydrogens (tertiary/aromatic N) is 3. The summed E-state index contributed by atoms with van der Waals surface area (Å²) in [5.41, 5.74) is 4.19. The maximum absolute atomic E-state index is 12.4. The number of carbonyl (C=O) groups is 1. The lowest BCUT2D eigenvalue weighted by Crippen LogP contribution is -2.25. The summed E-state index contributed by atoms with van der Waals surface area (Å²) in [6.07, 6.45) is 12.3. The van der Waals surface area contributed by atoms with Gasteiger partial charge >= 0.3 is 0 Å². The van der Waals surface area contributed by atoms with Gasteiger partial charge in [0.2, 0.25) is 0 Å². The highest BCUT2D eigenvalue weighted by Crippen LogP contribution is 2.26. The van der Waals surface area contributed by atoms with Crippen LogP contribution in [0.1, 0.15) is 74.8 Å². The molecule has 2 aliphatic carbocycles. The maximum Gasteiger partial charge on any atom is 0.251 e. The van der Waals surface area contributed by atoms with Crippen LogP contribution in [0.3, 0.4) is 0 Å². The third-order valence-corrected chi connectivity index (χ3v) is 6.53. The minimum atomic E-state index is -0.00293. The summed E-state index contributed by atoms with van der Waals surface area (Å²) in [6, 6.07) is 8.09. The number of anilines is 1. The van der Waals surface area contributed by atoms with E-state index in [1.54, 1.807) is 0 Å². The number of hydrogen-bond acceptors (Lipinski definition) is 4. The minimum absolute atomic E-state index is 0.00293. The van der Waals surface area contributed by atoms with E-state index in [9.17, 15) is 4.79 Å². The van der Waals surface area contributed by atoms with Crippen molar-refractivity contribution in [3.63, 3.8) is 0 Å². The predicted octanol–water partition coefficient (Wildman–Crippen LogP) is 5.29. The Bertz CT molecular complexity index is 1220. The van der Waals surface area contributed by atoms with Crippen molar-refractivity contribution in [1.29, 1.82) is 0 Å². The molecule has 0 aliphatic heterocycles. The van der Waals surface area contributed by atoms with Gasteiger partial charge in [0.25, 0.3) is 5.91 Å². The molecule has 0 radical (unpaired) electrons. The number of carbonyl (C=O) groups excluding carboxylic acids is 1. The summed E-state index contributed by atoms with van der Waals surface area (Å²) in [5.74, 6) is 8.53. The molecule has 0 spiro atoms. The van der Waals surface area contributed by atoms with E-state index >= 15 is 0 Å². The highest BCUT2D eigenvalue weighted by molar-refractivity contribution is 5.95. The van der Waals surface area contributed by atoms with Gasteiger partial charge < -0.3 is 10.6 Å². The van der Waals surface area contributed by atoms with Crippen LogP contribution in [0.4, 0.5) is 5.82 Å². The quantitative estimate of drug-likeness (QED) is 0.496. The molecule has 2 saturated carbocycles. The number of rotatable bonds is 6. The average molecular weight is 456 g/mol. The number of hydrogen-bond donors (Lipinski definition) is 2. The second kappa shape index (κ2) is 9.89. The fourth-order valence-corrected chi connectivity index (χ4v) is 4.39. The van der Waals surface area contributed by atoms with Gasteiger partial charge in [-0.2, -0.15) is 0 Å². The molecule has 1 aromatic carbocycles. The van der Waals surface area contributed by atoms with Gasteiger partial charge in [-0.3, -0.25) is 9.20 Å². The first-order chi connectivity index (χ1) is 16.6. The molecule has 0 saturated heterocycles. The van der Waals surface area contributed by atoms with Crippen LogP contribution in [-0.4, -0.2) is 32.9 Å². The molecule has 0 bridgehead atoms. The molecule has 2 aliphatic rings. The molecule has 176 valence electrons. The van der Waals surface area contributed by atoms with Gasteiger partial charge in [-0.1, -0.05) is 51.2 Å². The maximum atomic E-state index is 12.4. The van der Waals surface area contributed by atoms with Crippen LogP contribution in [-0.2, 0) is 0 Å². The Morgan fingerprint density at radius 2 is 1.88 bits per heavy atom. The van der Waals surface area contributed by atoms with E-state index in [-0.39, 0.29) is 5.91 Å². The van der Waals surface area contributed by atoms with E-state index in [1.165, 1.54) is 32.1 Å². The number of amides is 1. The Kier molecular flexibility index (Phi) is 6.53. The van der Waals surface area contributed by atoms with Gasteiger partial charge in [0.05, 0.1) is 11.9 Å². The van der Waals surface area contributed by atoms with Gasteiger partial charge in [-0.05, 0) is 49.7 Å². The highest BCUT2D eigenvalue weighted by Gasteiger charge is 2.23. The van der Waals surface area contributed by atoms with Gasteiger partial charge in [0, 0.05) is 35.8 Å². The summed E-state index contributed by atoms with van der Waals surface area (Å²) < 4.78 is 2.07. The van der Waals surface area contributed by atoms with E-state index in [0.29, 0.717) is 23.4 Å². The highest BCUT2D eigenvalue weighted by atomic mass is 16.1. The summed E-state index contributed by atoms with van der Waals surface area (Å²) in [4.78, 5) is 21.9. The Balaban J connectivity index is 1.47. The number of nitrogens with one attached hydrogen (secondary N) is 2. The molecule has 2 heterocycles. The number of benzene rings is 1. The van der Waals surface area contributed by atoms with Gasteiger partial charge in [0.1, 0.15) is 5.69 Å². The summed E-state index contributed by atoms with van der Waals surface area (Å²) in [6.45, 7) is 5.17. The largest absolute Gasteiger partial charge is 0.367 e. The van der Waals surface area contributed by atoms with Gasteiger partial charge in [0.15, 0.2) is 11.5 Å². The Labute approximate surface area is 201 Å². The monoisotopic (exact) mass is 455 g/mol. The van der Waals surface area contributed by atoms with E-state index in [0.717, 1.165) is 47.8 Å². The van der Waals surface area contributed by atoms with Gasteiger partial charge in [-0.25, -0.2) is 9.97 Å². The zero-order valence-electron chi connectivity index (χ0n) is 20.1. The lowest BCUT2D eigenvalue weighted by Gasteiger charge is -2.15. The van der Waals surface area contributed by atoms with Crippen LogP contribution in [0.25, 0.3) is 16.9 Å². The lowest BCUT2D eigenvalue weighted by atomic mass is 9.90. The SMILES string of the molecule is CC(C)CNc1nc(C#CC2CCCCC2)cn2c(-c3ccc(C(=O)NC4CC4)cc3)cnc12. The van der Waals surface area contributed by atoms with Crippen LogP contribution in [0.15, 0.2) is 36.7 Å². The Hall–Kier alpha value is -3.33. The Morgan fingerprint density at radius 3 is 2.59 bits per heavy atom. The molecule has 34 heavy (non-hydrogen) atoms. The molecular formula is C28H33N5O. The average Bonchev–Trinajstić information content (AvgIpc) is 3.57. The lowest BCUT2D eigenvalue weighted by molar-refractivity contribution is 0.0951. The third-order valence-electron chi connectivity index (χ3n) is 6.53. The molecule has 5 rings (SSSR count). The smallest absolute Gasteiger partial charge is 0.251 e. The molecular weight excluding hydrogens is 422 g/mol. The summed E-state index contributed by atoms with van der Waals surface area (Å²) in [7, 11) is 0. The zero-order valence-corrected chi connectivity index (χ0v) is 20.1. The van der Waals surface area contributed by atoms with Crippen molar-refractivity contribution in [3.8, 4) is 23.1 Å². The second-order valence-corrected chi connectivity index (χ2v) is 10.0. The molecule has 2 fully saturated rings. The summed E-state index contributed by atoms with van der Waals surface area (Å²) in [5, 5.41) is 6.51. The predicted molar refractivity (Wildman–Crippen MR) is 136 cm³/mol. The molecule has 3 aromatic rings. The van der Waals surface area contributed by atoms with E-state index in [1.807, 2.05) is 36.7 Å². The van der Waals surface area contributed by atoms with Crippen molar-refractivity contribution in [2.24, 2.45) is 11.8 Å². The van der Waals surface area contributed by atoms with E-state index in [2.05, 4.69) is 45.7 Å². The molecule has 0 unspecified atom stereocenters. The molecule has 0 atom stereocenters.